The Kier molecular flexibility index (Phi) is 6.77. The van der Waals surface area contributed by atoms with Crippen LogP contribution in [0.4, 0.5) is 17.6 Å². The summed E-state index contributed by atoms with van der Waals surface area (Å²) in [5, 5.41) is 0. The Morgan fingerprint density at radius 1 is 0.618 bits per heavy atom. The second kappa shape index (κ2) is 9.91. The smallest absolute Gasteiger partial charge is 0.316 e. The summed E-state index contributed by atoms with van der Waals surface area (Å²) in [6.07, 6.45) is 3.42. The molecule has 0 N–H and O–H groups in total. The molecular formula is C26H20F4N2O2. The van der Waals surface area contributed by atoms with Crippen molar-refractivity contribution in [2.24, 2.45) is 0 Å². The van der Waals surface area contributed by atoms with Crippen LogP contribution in [0.15, 0.2) is 60.9 Å². The van der Waals surface area contributed by atoms with E-state index in [0.717, 1.165) is 5.56 Å². The summed E-state index contributed by atoms with van der Waals surface area (Å²) >= 11 is 0. The molecule has 8 heteroatoms. The Bertz CT molecular complexity index is 1310. The van der Waals surface area contributed by atoms with Gasteiger partial charge < -0.3 is 9.47 Å². The van der Waals surface area contributed by atoms with Gasteiger partial charge in [0.25, 0.3) is 0 Å². The molecule has 0 aliphatic carbocycles. The van der Waals surface area contributed by atoms with Gasteiger partial charge in [-0.1, -0.05) is 36.4 Å². The molecule has 1 aromatic heterocycles. The third-order valence-corrected chi connectivity index (χ3v) is 5.50. The number of hydrogen-bond acceptors (Lipinski definition) is 4. The predicted molar refractivity (Wildman–Crippen MR) is 120 cm³/mol. The summed E-state index contributed by atoms with van der Waals surface area (Å²) in [5.41, 5.74) is 2.05. The minimum atomic E-state index is -1.05. The maximum Gasteiger partial charge on any atom is 0.316 e. The Morgan fingerprint density at radius 2 is 1.24 bits per heavy atom. The van der Waals surface area contributed by atoms with E-state index >= 15 is 0 Å². The van der Waals surface area contributed by atoms with Gasteiger partial charge in [0.1, 0.15) is 0 Å². The van der Waals surface area contributed by atoms with Gasteiger partial charge in [-0.3, -0.25) is 0 Å². The minimum absolute atomic E-state index is 0.0574. The average molecular weight is 468 g/mol. The first-order valence-corrected chi connectivity index (χ1v) is 10.4. The van der Waals surface area contributed by atoms with Gasteiger partial charge in [-0.25, -0.2) is 23.1 Å². The zero-order chi connectivity index (χ0) is 24.2. The summed E-state index contributed by atoms with van der Waals surface area (Å²) < 4.78 is 67.4. The predicted octanol–water partition coefficient (Wildman–Crippen LogP) is 6.17. The monoisotopic (exact) mass is 468 g/mol. The van der Waals surface area contributed by atoms with Gasteiger partial charge in [0.2, 0.25) is 5.82 Å². The zero-order valence-electron chi connectivity index (χ0n) is 18.4. The molecule has 0 aliphatic heterocycles. The Morgan fingerprint density at radius 3 is 1.88 bits per heavy atom. The molecule has 0 radical (unpaired) electrons. The van der Waals surface area contributed by atoms with Crippen LogP contribution in [0.25, 0.3) is 22.3 Å². The first kappa shape index (κ1) is 23.2. The topological polar surface area (TPSA) is 44.2 Å². The van der Waals surface area contributed by atoms with Crippen LogP contribution >= 0.6 is 0 Å². The van der Waals surface area contributed by atoms with Crippen molar-refractivity contribution in [3.63, 3.8) is 0 Å². The second-order valence-corrected chi connectivity index (χ2v) is 7.50. The maximum absolute atomic E-state index is 14.7. The molecule has 0 atom stereocenters. The SMILES string of the molecule is COc1ncc(-c2ccc(CCc3ccc(-c4ccc(OC)c(F)c4F)cc3)c(F)c2F)cn1. The van der Waals surface area contributed by atoms with Crippen molar-refractivity contribution < 1.29 is 27.0 Å². The lowest BCUT2D eigenvalue weighted by Gasteiger charge is -2.10. The zero-order valence-corrected chi connectivity index (χ0v) is 18.4. The first-order chi connectivity index (χ1) is 16.4. The van der Waals surface area contributed by atoms with Crippen LogP contribution in [0.3, 0.4) is 0 Å². The highest BCUT2D eigenvalue weighted by molar-refractivity contribution is 5.66. The van der Waals surface area contributed by atoms with E-state index in [2.05, 4.69) is 9.97 Å². The molecule has 4 aromatic rings. The van der Waals surface area contributed by atoms with E-state index in [9.17, 15) is 17.6 Å². The van der Waals surface area contributed by atoms with E-state index in [-0.39, 0.29) is 34.9 Å². The number of methoxy groups -OCH3 is 2. The molecule has 0 unspecified atom stereocenters. The number of halogens is 4. The molecule has 0 spiro atoms. The Hall–Kier alpha value is -3.94. The molecule has 0 bridgehead atoms. The molecule has 0 fully saturated rings. The van der Waals surface area contributed by atoms with Crippen LogP contribution in [0, 0.1) is 23.3 Å². The van der Waals surface area contributed by atoms with Gasteiger partial charge in [-0.15, -0.1) is 0 Å². The van der Waals surface area contributed by atoms with Gasteiger partial charge in [-0.05, 0) is 41.7 Å². The summed E-state index contributed by atoms with van der Waals surface area (Å²) in [7, 11) is 2.68. The molecule has 3 aromatic carbocycles. The standard InChI is InChI=1S/C26H20F4N2O2/c1-33-21-12-11-19(24(29)25(21)30)16-6-3-15(4-7-16)5-8-17-9-10-20(23(28)22(17)27)18-13-31-26(34-2)32-14-18/h3-4,6-7,9-14H,5,8H2,1-2H3. The molecule has 34 heavy (non-hydrogen) atoms. The summed E-state index contributed by atoms with van der Waals surface area (Å²) in [6.45, 7) is 0. The van der Waals surface area contributed by atoms with E-state index in [1.807, 2.05) is 0 Å². The third kappa shape index (κ3) is 4.57. The largest absolute Gasteiger partial charge is 0.494 e. The van der Waals surface area contributed by atoms with Crippen LogP contribution < -0.4 is 9.47 Å². The first-order valence-electron chi connectivity index (χ1n) is 10.4. The lowest BCUT2D eigenvalue weighted by molar-refractivity contribution is 0.372. The Labute approximate surface area is 193 Å². The van der Waals surface area contributed by atoms with E-state index in [4.69, 9.17) is 9.47 Å². The van der Waals surface area contributed by atoms with Gasteiger partial charge in [0, 0.05) is 29.1 Å². The third-order valence-electron chi connectivity index (χ3n) is 5.50. The fourth-order valence-electron chi connectivity index (χ4n) is 3.61. The molecule has 0 aliphatic rings. The number of aryl methyl sites for hydroxylation is 2. The molecule has 4 nitrogen and oxygen atoms in total. The van der Waals surface area contributed by atoms with E-state index < -0.39 is 23.3 Å². The van der Waals surface area contributed by atoms with Crippen LogP contribution in [0.5, 0.6) is 11.8 Å². The van der Waals surface area contributed by atoms with E-state index in [1.54, 1.807) is 24.3 Å². The fraction of sp³-hybridized carbons (Fsp3) is 0.154. The van der Waals surface area contributed by atoms with E-state index in [0.29, 0.717) is 17.5 Å². The number of rotatable bonds is 7. The number of ether oxygens (including phenoxy) is 2. The van der Waals surface area contributed by atoms with Crippen molar-refractivity contribution >= 4 is 0 Å². The number of benzene rings is 3. The highest BCUT2D eigenvalue weighted by atomic mass is 19.2. The minimum Gasteiger partial charge on any atom is -0.494 e. The van der Waals surface area contributed by atoms with E-state index in [1.165, 1.54) is 50.9 Å². The highest BCUT2D eigenvalue weighted by Gasteiger charge is 2.17. The van der Waals surface area contributed by atoms with Gasteiger partial charge >= 0.3 is 6.01 Å². The molecule has 1 heterocycles. The lowest BCUT2D eigenvalue weighted by atomic mass is 9.98. The molecular weight excluding hydrogens is 448 g/mol. The van der Waals surface area contributed by atoms with Crippen molar-refractivity contribution in [1.29, 1.82) is 0 Å². The molecule has 0 amide bonds. The molecule has 0 saturated carbocycles. The van der Waals surface area contributed by atoms with Gasteiger partial charge in [-0.2, -0.15) is 4.39 Å². The fourth-order valence-corrected chi connectivity index (χ4v) is 3.61. The number of hydrogen-bond donors (Lipinski definition) is 0. The van der Waals surface area contributed by atoms with Gasteiger partial charge in [0.15, 0.2) is 23.2 Å². The summed E-state index contributed by atoms with van der Waals surface area (Å²) in [4.78, 5) is 7.84. The number of nitrogens with zero attached hydrogens (tertiary/aromatic N) is 2. The summed E-state index contributed by atoms with van der Waals surface area (Å²) in [6, 6.07) is 12.8. The van der Waals surface area contributed by atoms with Crippen molar-refractivity contribution in [1.82, 2.24) is 9.97 Å². The maximum atomic E-state index is 14.7. The summed E-state index contributed by atoms with van der Waals surface area (Å²) in [5.74, 6) is -4.12. The number of aromatic nitrogens is 2. The van der Waals surface area contributed by atoms with Crippen molar-refractivity contribution in [3.8, 4) is 34.0 Å². The second-order valence-electron chi connectivity index (χ2n) is 7.50. The normalized spacial score (nSPS) is 10.9. The molecule has 4 rings (SSSR count). The quantitative estimate of drug-likeness (QED) is 0.304. The van der Waals surface area contributed by atoms with Crippen molar-refractivity contribution in [3.05, 3.63) is 95.3 Å². The lowest BCUT2D eigenvalue weighted by Crippen LogP contribution is -2.00. The highest BCUT2D eigenvalue weighted by Crippen LogP contribution is 2.30. The van der Waals surface area contributed by atoms with Crippen molar-refractivity contribution in [2.75, 3.05) is 14.2 Å². The molecule has 0 saturated heterocycles. The van der Waals surface area contributed by atoms with Crippen LogP contribution in [0.1, 0.15) is 11.1 Å². The van der Waals surface area contributed by atoms with Crippen LogP contribution in [-0.4, -0.2) is 24.2 Å². The van der Waals surface area contributed by atoms with Crippen LogP contribution in [0.2, 0.25) is 0 Å². The average Bonchev–Trinajstić information content (AvgIpc) is 2.87. The molecule has 174 valence electrons. The Balaban J connectivity index is 1.48. The van der Waals surface area contributed by atoms with Gasteiger partial charge in [0.05, 0.1) is 14.2 Å². The van der Waals surface area contributed by atoms with Crippen LogP contribution in [-0.2, 0) is 12.8 Å². The van der Waals surface area contributed by atoms with Crippen molar-refractivity contribution in [2.45, 2.75) is 12.8 Å².